The van der Waals surface area contributed by atoms with E-state index < -0.39 is 0 Å². The van der Waals surface area contributed by atoms with E-state index in [1.807, 2.05) is 18.2 Å². The van der Waals surface area contributed by atoms with Gasteiger partial charge >= 0.3 is 5.97 Å². The second kappa shape index (κ2) is 4.53. The van der Waals surface area contributed by atoms with Gasteiger partial charge in [0, 0.05) is 11.5 Å². The highest BCUT2D eigenvalue weighted by molar-refractivity contribution is 7.00. The summed E-state index contributed by atoms with van der Waals surface area (Å²) in [6, 6.07) is 10.5. The third-order valence-corrected chi connectivity index (χ3v) is 4.21. The second-order valence-corrected chi connectivity index (χ2v) is 5.46. The molecule has 21 heavy (non-hydrogen) atoms. The van der Waals surface area contributed by atoms with E-state index in [1.54, 1.807) is 18.2 Å². The number of carbonyl (C=O) groups excluding carboxylic acids is 1. The average Bonchev–Trinajstić information content (AvgIpc) is 2.95. The van der Waals surface area contributed by atoms with Gasteiger partial charge in [-0.25, -0.2) is 0 Å². The number of rotatable bonds is 1. The second-order valence-electron chi connectivity index (χ2n) is 4.93. The van der Waals surface area contributed by atoms with Crippen molar-refractivity contribution < 1.29 is 14.6 Å². The van der Waals surface area contributed by atoms with Gasteiger partial charge in [-0.2, -0.15) is 8.75 Å². The van der Waals surface area contributed by atoms with Crippen LogP contribution in [0.1, 0.15) is 23.5 Å². The van der Waals surface area contributed by atoms with Crippen molar-refractivity contribution in [1.29, 1.82) is 0 Å². The number of ether oxygens (including phenoxy) is 1. The zero-order valence-electron chi connectivity index (χ0n) is 10.8. The summed E-state index contributed by atoms with van der Waals surface area (Å²) in [5.74, 6) is 0.355. The fraction of sp³-hybridized carbons (Fsp3) is 0.133. The van der Waals surface area contributed by atoms with Crippen molar-refractivity contribution in [2.75, 3.05) is 0 Å². The summed E-state index contributed by atoms with van der Waals surface area (Å²) in [6.45, 7) is 0. The summed E-state index contributed by atoms with van der Waals surface area (Å²) < 4.78 is 13.9. The number of carbonyl (C=O) groups is 1. The lowest BCUT2D eigenvalue weighted by Crippen LogP contribution is -2.21. The predicted octanol–water partition coefficient (Wildman–Crippen LogP) is 2.84. The van der Waals surface area contributed by atoms with Crippen LogP contribution in [-0.4, -0.2) is 19.8 Å². The van der Waals surface area contributed by atoms with Crippen molar-refractivity contribution in [1.82, 2.24) is 8.75 Å². The molecule has 1 unspecified atom stereocenters. The molecule has 6 heteroatoms. The maximum absolute atomic E-state index is 11.8. The smallest absolute Gasteiger partial charge is 0.312 e. The van der Waals surface area contributed by atoms with Crippen LogP contribution in [0.25, 0.3) is 11.0 Å². The van der Waals surface area contributed by atoms with Crippen LogP contribution in [0, 0.1) is 0 Å². The molecule has 0 saturated carbocycles. The number of phenols is 1. The minimum atomic E-state index is -0.261. The molecule has 0 bridgehead atoms. The number of fused-ring (bicyclic) bond motifs is 3. The third kappa shape index (κ3) is 1.95. The number of esters is 1. The SMILES string of the molecule is O=C1CC(c2ccc(O)cc2)c2c(ccc3nsnc23)O1. The minimum absolute atomic E-state index is 0.130. The molecule has 1 aliphatic rings. The van der Waals surface area contributed by atoms with E-state index in [2.05, 4.69) is 8.75 Å². The van der Waals surface area contributed by atoms with Crippen LogP contribution in [-0.2, 0) is 4.79 Å². The molecule has 5 nitrogen and oxygen atoms in total. The maximum Gasteiger partial charge on any atom is 0.312 e. The minimum Gasteiger partial charge on any atom is -0.508 e. The first-order valence-corrected chi connectivity index (χ1v) is 7.20. The van der Waals surface area contributed by atoms with Gasteiger partial charge in [-0.1, -0.05) is 12.1 Å². The number of aromatic nitrogens is 2. The van der Waals surface area contributed by atoms with E-state index in [0.29, 0.717) is 5.75 Å². The molecule has 0 aliphatic carbocycles. The van der Waals surface area contributed by atoms with Crippen molar-refractivity contribution in [2.24, 2.45) is 0 Å². The van der Waals surface area contributed by atoms with Crippen LogP contribution in [0.2, 0.25) is 0 Å². The Morgan fingerprint density at radius 3 is 2.76 bits per heavy atom. The zero-order valence-corrected chi connectivity index (χ0v) is 11.6. The van der Waals surface area contributed by atoms with E-state index in [1.165, 1.54) is 0 Å². The summed E-state index contributed by atoms with van der Waals surface area (Å²) in [7, 11) is 0. The van der Waals surface area contributed by atoms with Crippen LogP contribution >= 0.6 is 11.7 Å². The van der Waals surface area contributed by atoms with Crippen molar-refractivity contribution in [2.45, 2.75) is 12.3 Å². The lowest BCUT2D eigenvalue weighted by molar-refractivity contribution is -0.135. The molecule has 0 radical (unpaired) electrons. The quantitative estimate of drug-likeness (QED) is 0.552. The molecule has 2 heterocycles. The molecule has 1 aliphatic heterocycles. The van der Waals surface area contributed by atoms with Gasteiger partial charge in [-0.15, -0.1) is 0 Å². The van der Waals surface area contributed by atoms with Crippen molar-refractivity contribution in [3.05, 3.63) is 47.5 Å². The molecular weight excluding hydrogens is 288 g/mol. The van der Waals surface area contributed by atoms with Crippen molar-refractivity contribution in [3.63, 3.8) is 0 Å². The van der Waals surface area contributed by atoms with Crippen molar-refractivity contribution in [3.8, 4) is 11.5 Å². The highest BCUT2D eigenvalue weighted by Crippen LogP contribution is 2.42. The number of nitrogens with zero attached hydrogens (tertiary/aromatic N) is 2. The Bertz CT molecular complexity index is 842. The largest absolute Gasteiger partial charge is 0.508 e. The van der Waals surface area contributed by atoms with Gasteiger partial charge in [-0.3, -0.25) is 4.79 Å². The van der Waals surface area contributed by atoms with Crippen LogP contribution in [0.4, 0.5) is 0 Å². The molecule has 3 aromatic rings. The van der Waals surface area contributed by atoms with E-state index in [4.69, 9.17) is 4.74 Å². The average molecular weight is 298 g/mol. The van der Waals surface area contributed by atoms with E-state index in [9.17, 15) is 9.90 Å². The molecule has 1 N–H and O–H groups in total. The highest BCUT2D eigenvalue weighted by Gasteiger charge is 2.31. The Balaban J connectivity index is 1.95. The van der Waals surface area contributed by atoms with E-state index in [0.717, 1.165) is 33.9 Å². The van der Waals surface area contributed by atoms with Gasteiger partial charge in [0.2, 0.25) is 0 Å². The monoisotopic (exact) mass is 298 g/mol. The molecule has 1 aromatic heterocycles. The van der Waals surface area contributed by atoms with Crippen LogP contribution in [0.5, 0.6) is 11.5 Å². The number of phenolic OH excluding ortho intramolecular Hbond substituents is 1. The van der Waals surface area contributed by atoms with Gasteiger partial charge in [0.25, 0.3) is 0 Å². The van der Waals surface area contributed by atoms with Gasteiger partial charge in [-0.05, 0) is 29.8 Å². The number of aromatic hydroxyl groups is 1. The predicted molar refractivity (Wildman–Crippen MR) is 77.6 cm³/mol. The maximum atomic E-state index is 11.8. The fourth-order valence-corrected chi connectivity index (χ4v) is 3.25. The first-order valence-electron chi connectivity index (χ1n) is 6.47. The topological polar surface area (TPSA) is 72.3 Å². The molecular formula is C15H10N2O3S. The Hall–Kier alpha value is -2.47. The zero-order chi connectivity index (χ0) is 14.4. The first kappa shape index (κ1) is 12.3. The van der Waals surface area contributed by atoms with Crippen LogP contribution in [0.15, 0.2) is 36.4 Å². The van der Waals surface area contributed by atoms with Crippen LogP contribution in [0.3, 0.4) is 0 Å². The van der Waals surface area contributed by atoms with E-state index in [-0.39, 0.29) is 24.1 Å². The summed E-state index contributed by atoms with van der Waals surface area (Å²) >= 11 is 1.15. The fourth-order valence-electron chi connectivity index (χ4n) is 2.70. The molecule has 0 saturated heterocycles. The van der Waals surface area contributed by atoms with Gasteiger partial charge < -0.3 is 9.84 Å². The van der Waals surface area contributed by atoms with Gasteiger partial charge in [0.05, 0.1) is 18.1 Å². The number of hydrogen-bond acceptors (Lipinski definition) is 6. The lowest BCUT2D eigenvalue weighted by atomic mass is 9.85. The lowest BCUT2D eigenvalue weighted by Gasteiger charge is -2.24. The first-order chi connectivity index (χ1) is 10.2. The normalized spacial score (nSPS) is 17.5. The number of benzene rings is 2. The Morgan fingerprint density at radius 2 is 1.95 bits per heavy atom. The molecule has 4 rings (SSSR count). The summed E-state index contributed by atoms with van der Waals surface area (Å²) in [4.78, 5) is 11.8. The molecule has 0 fully saturated rings. The van der Waals surface area contributed by atoms with Gasteiger partial charge in [0.15, 0.2) is 0 Å². The Morgan fingerprint density at radius 1 is 1.14 bits per heavy atom. The molecule has 104 valence electrons. The van der Waals surface area contributed by atoms with Crippen LogP contribution < -0.4 is 4.74 Å². The summed E-state index contributed by atoms with van der Waals surface area (Å²) in [5.41, 5.74) is 3.43. The molecule has 1 atom stereocenters. The Kier molecular flexibility index (Phi) is 2.65. The molecule has 0 amide bonds. The standard InChI is InChI=1S/C15H10N2O3S/c18-9-3-1-8(2-4-9)10-7-13(19)20-12-6-5-11-15(14(10)12)17-21-16-11/h1-6,10,18H,7H2. The summed E-state index contributed by atoms with van der Waals surface area (Å²) in [6.07, 6.45) is 0.258. The molecule has 0 spiro atoms. The highest BCUT2D eigenvalue weighted by atomic mass is 32.1. The Labute approximate surface area is 124 Å². The number of hydrogen-bond donors (Lipinski definition) is 1. The molecule has 2 aromatic carbocycles. The van der Waals surface area contributed by atoms with Crippen molar-refractivity contribution >= 4 is 28.7 Å². The van der Waals surface area contributed by atoms with E-state index >= 15 is 0 Å². The van der Waals surface area contributed by atoms with Gasteiger partial charge in [0.1, 0.15) is 22.5 Å². The third-order valence-electron chi connectivity index (χ3n) is 3.67. The summed E-state index contributed by atoms with van der Waals surface area (Å²) in [5, 5.41) is 9.43.